The molecule has 0 atom stereocenters. The van der Waals surface area contributed by atoms with E-state index < -0.39 is 21.9 Å². The van der Waals surface area contributed by atoms with Crippen molar-refractivity contribution in [3.63, 3.8) is 0 Å². The van der Waals surface area contributed by atoms with Crippen molar-refractivity contribution >= 4 is 32.9 Å². The van der Waals surface area contributed by atoms with Crippen molar-refractivity contribution in [1.29, 1.82) is 0 Å². The lowest BCUT2D eigenvalue weighted by atomic mass is 10.1. The van der Waals surface area contributed by atoms with Crippen molar-refractivity contribution in [2.24, 2.45) is 0 Å². The Labute approximate surface area is 125 Å². The van der Waals surface area contributed by atoms with Crippen LogP contribution in [-0.4, -0.2) is 53.7 Å². The van der Waals surface area contributed by atoms with E-state index in [0.29, 0.717) is 0 Å². The van der Waals surface area contributed by atoms with Gasteiger partial charge in [0.25, 0.3) is 5.24 Å². The smallest absolute Gasteiger partial charge is 0.273 e. The lowest BCUT2D eigenvalue weighted by molar-refractivity contribution is -0.127. The fourth-order valence-electron chi connectivity index (χ4n) is 2.25. The van der Waals surface area contributed by atoms with Gasteiger partial charge in [-0.15, -0.1) is 0 Å². The average Bonchev–Trinajstić information content (AvgIpc) is 2.69. The molecule has 1 aromatic carbocycles. The van der Waals surface area contributed by atoms with Gasteiger partial charge in [0.05, 0.1) is 16.7 Å². The molecule has 0 aromatic heterocycles. The molecule has 6 nitrogen and oxygen atoms in total. The summed E-state index contributed by atoms with van der Waals surface area (Å²) in [6.07, 6.45) is 0. The molecule has 1 aromatic rings. The number of hydrogen-bond donors (Lipinski definition) is 0. The maximum absolute atomic E-state index is 12.8. The van der Waals surface area contributed by atoms with Gasteiger partial charge in [0.2, 0.25) is 15.9 Å². The molecular formula is C12H11FN2O4S2. The highest BCUT2D eigenvalue weighted by Crippen LogP contribution is 2.29. The molecule has 0 N–H and O–H groups in total. The normalized spacial score (nSPS) is 20.9. The van der Waals surface area contributed by atoms with Gasteiger partial charge in [-0.05, 0) is 24.3 Å². The zero-order valence-electron chi connectivity index (χ0n) is 10.7. The first-order chi connectivity index (χ1) is 9.89. The molecule has 0 bridgehead atoms. The van der Waals surface area contributed by atoms with E-state index in [0.717, 1.165) is 28.8 Å². The van der Waals surface area contributed by atoms with Gasteiger partial charge in [0, 0.05) is 13.1 Å². The van der Waals surface area contributed by atoms with Crippen molar-refractivity contribution in [2.75, 3.05) is 18.8 Å². The van der Waals surface area contributed by atoms with Crippen molar-refractivity contribution < 1.29 is 22.4 Å². The van der Waals surface area contributed by atoms with Gasteiger partial charge in [0.15, 0.2) is 0 Å². The van der Waals surface area contributed by atoms with Crippen molar-refractivity contribution in [3.05, 3.63) is 30.1 Å². The minimum absolute atomic E-state index is 0.00389. The summed E-state index contributed by atoms with van der Waals surface area (Å²) in [7, 11) is -3.71. The molecule has 2 aliphatic heterocycles. The molecule has 0 saturated carbocycles. The third kappa shape index (κ3) is 2.45. The van der Waals surface area contributed by atoms with Crippen LogP contribution in [0.2, 0.25) is 0 Å². The van der Waals surface area contributed by atoms with Gasteiger partial charge < -0.3 is 0 Å². The number of benzene rings is 1. The number of nitrogens with zero attached hydrogens (tertiary/aromatic N) is 2. The molecule has 112 valence electrons. The van der Waals surface area contributed by atoms with Gasteiger partial charge in [-0.2, -0.15) is 4.31 Å². The fraction of sp³-hybridized carbons (Fsp3) is 0.333. The summed E-state index contributed by atoms with van der Waals surface area (Å²) in [5.74, 6) is -0.686. The third-order valence-corrected chi connectivity index (χ3v) is 6.11. The number of imide groups is 1. The van der Waals surface area contributed by atoms with E-state index >= 15 is 0 Å². The highest BCUT2D eigenvalue weighted by Gasteiger charge is 2.45. The number of carbonyl (C=O) groups excluding carboxylic acids is 2. The van der Waals surface area contributed by atoms with Crippen LogP contribution in [0.25, 0.3) is 0 Å². The summed E-state index contributed by atoms with van der Waals surface area (Å²) >= 11 is 0.926. The summed E-state index contributed by atoms with van der Waals surface area (Å²) in [5, 5.41) is -0.330. The van der Waals surface area contributed by atoms with Crippen LogP contribution in [0.15, 0.2) is 29.2 Å². The van der Waals surface area contributed by atoms with E-state index in [1.54, 1.807) is 0 Å². The molecule has 2 fully saturated rings. The first-order valence-corrected chi connectivity index (χ1v) is 8.57. The maximum atomic E-state index is 12.8. The zero-order chi connectivity index (χ0) is 15.2. The van der Waals surface area contributed by atoms with Crippen LogP contribution < -0.4 is 0 Å². The van der Waals surface area contributed by atoms with E-state index in [1.165, 1.54) is 16.4 Å². The summed E-state index contributed by atoms with van der Waals surface area (Å²) < 4.78 is 38.5. The van der Waals surface area contributed by atoms with Crippen LogP contribution in [0.4, 0.5) is 9.18 Å². The van der Waals surface area contributed by atoms with Crippen molar-refractivity contribution in [1.82, 2.24) is 9.21 Å². The molecule has 0 unspecified atom stereocenters. The van der Waals surface area contributed by atoms with Gasteiger partial charge in [-0.1, -0.05) is 11.8 Å². The number of thioether (sulfide) groups is 1. The summed E-state index contributed by atoms with van der Waals surface area (Å²) in [6, 6.07) is 4.14. The van der Waals surface area contributed by atoms with E-state index in [1.807, 2.05) is 0 Å². The topological polar surface area (TPSA) is 74.8 Å². The van der Waals surface area contributed by atoms with E-state index in [4.69, 9.17) is 0 Å². The minimum atomic E-state index is -3.71. The first kappa shape index (κ1) is 14.5. The Balaban J connectivity index is 1.72. The highest BCUT2D eigenvalue weighted by molar-refractivity contribution is 8.14. The molecule has 2 heterocycles. The number of hydrogen-bond acceptors (Lipinski definition) is 5. The van der Waals surface area contributed by atoms with Gasteiger partial charge in [-0.25, -0.2) is 12.8 Å². The predicted octanol–water partition coefficient (Wildman–Crippen LogP) is 0.894. The second-order valence-electron chi connectivity index (χ2n) is 4.75. The second kappa shape index (κ2) is 5.08. The number of carbonyl (C=O) groups is 2. The van der Waals surface area contributed by atoms with E-state index in [-0.39, 0.29) is 34.9 Å². The maximum Gasteiger partial charge on any atom is 0.289 e. The lowest BCUT2D eigenvalue weighted by Gasteiger charge is -2.41. The van der Waals surface area contributed by atoms with E-state index in [2.05, 4.69) is 0 Å². The molecule has 2 saturated heterocycles. The number of sulfonamides is 1. The van der Waals surface area contributed by atoms with Crippen LogP contribution in [-0.2, 0) is 14.8 Å². The van der Waals surface area contributed by atoms with Crippen molar-refractivity contribution in [3.8, 4) is 0 Å². The Morgan fingerprint density at radius 1 is 1.14 bits per heavy atom. The van der Waals surface area contributed by atoms with Crippen LogP contribution in [0, 0.1) is 5.82 Å². The van der Waals surface area contributed by atoms with E-state index in [9.17, 15) is 22.4 Å². The predicted molar refractivity (Wildman–Crippen MR) is 73.6 cm³/mol. The van der Waals surface area contributed by atoms with Gasteiger partial charge in [-0.3, -0.25) is 14.5 Å². The molecule has 21 heavy (non-hydrogen) atoms. The summed E-state index contributed by atoms with van der Waals surface area (Å²) in [6.45, 7) is 0.162. The molecule has 9 heteroatoms. The Hall–Kier alpha value is -1.45. The Kier molecular flexibility index (Phi) is 3.50. The second-order valence-corrected chi connectivity index (χ2v) is 7.61. The third-order valence-electron chi connectivity index (χ3n) is 3.43. The molecular weight excluding hydrogens is 319 g/mol. The largest absolute Gasteiger partial charge is 0.289 e. The number of amides is 2. The molecule has 2 amide bonds. The number of rotatable bonds is 3. The van der Waals surface area contributed by atoms with Crippen LogP contribution in [0.1, 0.15) is 0 Å². The van der Waals surface area contributed by atoms with Crippen LogP contribution in [0.5, 0.6) is 0 Å². The van der Waals surface area contributed by atoms with Gasteiger partial charge in [0.1, 0.15) is 5.82 Å². The van der Waals surface area contributed by atoms with Crippen LogP contribution in [0.3, 0.4) is 0 Å². The number of halogens is 1. The standard InChI is InChI=1S/C12H11FN2O4S2/c13-8-1-3-10(4-2-8)21(18,19)14-5-9(6-14)15-11(16)7-20-12(15)17/h1-4,9H,5-7H2. The molecule has 2 aliphatic rings. The Morgan fingerprint density at radius 2 is 1.76 bits per heavy atom. The molecule has 0 aliphatic carbocycles. The monoisotopic (exact) mass is 330 g/mol. The van der Waals surface area contributed by atoms with Crippen LogP contribution >= 0.6 is 11.8 Å². The van der Waals surface area contributed by atoms with Gasteiger partial charge >= 0.3 is 0 Å². The zero-order valence-corrected chi connectivity index (χ0v) is 12.4. The lowest BCUT2D eigenvalue weighted by Crippen LogP contribution is -2.61. The quantitative estimate of drug-likeness (QED) is 0.823. The summed E-state index contributed by atoms with van der Waals surface area (Å²) in [5.41, 5.74) is 0. The summed E-state index contributed by atoms with van der Waals surface area (Å²) in [4.78, 5) is 24.2. The average molecular weight is 330 g/mol. The molecule has 0 radical (unpaired) electrons. The molecule has 0 spiro atoms. The SMILES string of the molecule is O=C1CSC(=O)N1C1CN(S(=O)(=O)c2ccc(F)cc2)C1. The van der Waals surface area contributed by atoms with Crippen molar-refractivity contribution in [2.45, 2.75) is 10.9 Å². The highest BCUT2D eigenvalue weighted by atomic mass is 32.2. The minimum Gasteiger partial charge on any atom is -0.273 e. The Morgan fingerprint density at radius 3 is 2.29 bits per heavy atom. The first-order valence-electron chi connectivity index (χ1n) is 6.14. The fourth-order valence-corrected chi connectivity index (χ4v) is 4.54. The molecule has 3 rings (SSSR count). The Bertz CT molecular complexity index is 682.